The Morgan fingerprint density at radius 2 is 2.15 bits per heavy atom. The fraction of sp³-hybridized carbons (Fsp3) is 0.412. The molecular formula is C17H19N5O4. The predicted molar refractivity (Wildman–Crippen MR) is 89.7 cm³/mol. The Morgan fingerprint density at radius 3 is 2.96 bits per heavy atom. The van der Waals surface area contributed by atoms with Gasteiger partial charge in [0.15, 0.2) is 0 Å². The van der Waals surface area contributed by atoms with Crippen molar-refractivity contribution in [3.63, 3.8) is 0 Å². The molecule has 2 aliphatic heterocycles. The van der Waals surface area contributed by atoms with Crippen LogP contribution in [0.2, 0.25) is 0 Å². The van der Waals surface area contributed by atoms with Crippen LogP contribution in [0.15, 0.2) is 24.4 Å². The second-order valence-electron chi connectivity index (χ2n) is 6.65. The maximum Gasteiger partial charge on any atom is 0.313 e. The van der Waals surface area contributed by atoms with E-state index >= 15 is 0 Å². The molecule has 9 heteroatoms. The van der Waals surface area contributed by atoms with E-state index in [1.807, 2.05) is 12.1 Å². The average molecular weight is 357 g/mol. The molecule has 0 spiro atoms. The molecule has 0 aliphatic carbocycles. The highest BCUT2D eigenvalue weighted by atomic mass is 16.5. The van der Waals surface area contributed by atoms with Crippen LogP contribution in [-0.4, -0.2) is 50.3 Å². The molecule has 2 aliphatic rings. The standard InChI is InChI=1S/C17H19N5O4/c23-15(19-13-3-2-11-8-26-9-12(11)6-13)16(24)22-5-1-4-17(25,10-22)14-7-18-21-20-14/h2-3,6-7,25H,1,4-5,8-10H2,(H,19,23)(H,18,20,21). The zero-order valence-corrected chi connectivity index (χ0v) is 14.1. The van der Waals surface area contributed by atoms with Crippen LogP contribution < -0.4 is 5.32 Å². The molecule has 26 heavy (non-hydrogen) atoms. The van der Waals surface area contributed by atoms with Crippen LogP contribution in [0.5, 0.6) is 0 Å². The van der Waals surface area contributed by atoms with Crippen LogP contribution in [-0.2, 0) is 33.1 Å². The van der Waals surface area contributed by atoms with E-state index < -0.39 is 17.4 Å². The zero-order chi connectivity index (χ0) is 18.1. The first-order valence-corrected chi connectivity index (χ1v) is 8.44. The minimum absolute atomic E-state index is 0.00378. The van der Waals surface area contributed by atoms with E-state index in [0.717, 1.165) is 11.1 Å². The number of rotatable bonds is 2. The molecule has 0 saturated carbocycles. The number of ether oxygens (including phenoxy) is 1. The molecule has 9 nitrogen and oxygen atoms in total. The van der Waals surface area contributed by atoms with E-state index in [1.165, 1.54) is 11.1 Å². The highest BCUT2D eigenvalue weighted by Gasteiger charge is 2.40. The first kappa shape index (κ1) is 16.7. The average Bonchev–Trinajstić information content (AvgIpc) is 3.32. The van der Waals surface area contributed by atoms with Gasteiger partial charge in [-0.1, -0.05) is 6.07 Å². The Kier molecular flexibility index (Phi) is 4.17. The monoisotopic (exact) mass is 357 g/mol. The van der Waals surface area contributed by atoms with Crippen molar-refractivity contribution in [2.45, 2.75) is 31.7 Å². The summed E-state index contributed by atoms with van der Waals surface area (Å²) in [5.74, 6) is -1.41. The molecule has 2 amide bonds. The van der Waals surface area contributed by atoms with Crippen molar-refractivity contribution >= 4 is 17.5 Å². The van der Waals surface area contributed by atoms with Gasteiger partial charge in [-0.05, 0) is 36.1 Å². The lowest BCUT2D eigenvalue weighted by Gasteiger charge is -2.37. The molecule has 0 radical (unpaired) electrons. The topological polar surface area (TPSA) is 120 Å². The number of benzene rings is 1. The van der Waals surface area contributed by atoms with Gasteiger partial charge in [-0.25, -0.2) is 0 Å². The lowest BCUT2D eigenvalue weighted by atomic mass is 9.90. The van der Waals surface area contributed by atoms with Crippen LogP contribution in [0.1, 0.15) is 29.7 Å². The largest absolute Gasteiger partial charge is 0.382 e. The molecular weight excluding hydrogens is 338 g/mol. The number of aromatic amines is 1. The minimum Gasteiger partial charge on any atom is -0.382 e. The number of carbonyl (C=O) groups is 2. The molecule has 1 fully saturated rings. The number of nitrogens with one attached hydrogen (secondary N) is 2. The van der Waals surface area contributed by atoms with Gasteiger partial charge in [0.1, 0.15) is 11.3 Å². The number of H-pyrrole nitrogens is 1. The Labute approximate surface area is 149 Å². The van der Waals surface area contributed by atoms with Crippen molar-refractivity contribution in [3.8, 4) is 0 Å². The van der Waals surface area contributed by atoms with Crippen LogP contribution in [0.25, 0.3) is 0 Å². The van der Waals surface area contributed by atoms with Gasteiger partial charge in [-0.3, -0.25) is 9.59 Å². The van der Waals surface area contributed by atoms with Crippen LogP contribution in [0.4, 0.5) is 5.69 Å². The molecule has 2 aromatic rings. The van der Waals surface area contributed by atoms with E-state index in [2.05, 4.69) is 20.7 Å². The predicted octanol–water partition coefficient (Wildman–Crippen LogP) is 0.284. The summed E-state index contributed by atoms with van der Waals surface area (Å²) in [6.45, 7) is 1.48. The Bertz CT molecular complexity index is 838. The van der Waals surface area contributed by atoms with Crippen molar-refractivity contribution in [1.82, 2.24) is 20.3 Å². The number of nitrogens with zero attached hydrogens (tertiary/aromatic N) is 3. The summed E-state index contributed by atoms with van der Waals surface area (Å²) in [7, 11) is 0. The van der Waals surface area contributed by atoms with Crippen molar-refractivity contribution < 1.29 is 19.4 Å². The van der Waals surface area contributed by atoms with Crippen LogP contribution in [0, 0.1) is 0 Å². The van der Waals surface area contributed by atoms with Gasteiger partial charge in [0.05, 0.1) is 26.0 Å². The number of fused-ring (bicyclic) bond motifs is 1. The van der Waals surface area contributed by atoms with E-state index in [-0.39, 0.29) is 6.54 Å². The van der Waals surface area contributed by atoms with Crippen molar-refractivity contribution in [2.24, 2.45) is 0 Å². The van der Waals surface area contributed by atoms with E-state index in [4.69, 9.17) is 4.74 Å². The van der Waals surface area contributed by atoms with Gasteiger partial charge in [-0.15, -0.1) is 0 Å². The summed E-state index contributed by atoms with van der Waals surface area (Å²) in [5, 5.41) is 23.5. The maximum atomic E-state index is 12.5. The van der Waals surface area contributed by atoms with Gasteiger partial charge < -0.3 is 20.1 Å². The number of carbonyl (C=O) groups excluding carboxylic acids is 2. The van der Waals surface area contributed by atoms with E-state index in [1.54, 1.807) is 6.07 Å². The molecule has 4 rings (SSSR count). The van der Waals surface area contributed by atoms with Crippen molar-refractivity contribution in [3.05, 3.63) is 41.2 Å². The van der Waals surface area contributed by atoms with E-state index in [0.29, 0.717) is 44.0 Å². The summed E-state index contributed by atoms with van der Waals surface area (Å²) >= 11 is 0. The summed E-state index contributed by atoms with van der Waals surface area (Å²) < 4.78 is 5.35. The Hall–Kier alpha value is -2.78. The Balaban J connectivity index is 1.44. The van der Waals surface area contributed by atoms with Gasteiger partial charge in [0.2, 0.25) is 0 Å². The first-order valence-electron chi connectivity index (χ1n) is 8.44. The third-order valence-corrected chi connectivity index (χ3v) is 4.82. The number of anilines is 1. The molecule has 3 heterocycles. The zero-order valence-electron chi connectivity index (χ0n) is 14.1. The summed E-state index contributed by atoms with van der Waals surface area (Å²) in [6, 6.07) is 5.45. The van der Waals surface area contributed by atoms with Gasteiger partial charge in [0.25, 0.3) is 0 Å². The van der Waals surface area contributed by atoms with Crippen molar-refractivity contribution in [2.75, 3.05) is 18.4 Å². The third kappa shape index (κ3) is 3.06. The molecule has 3 N–H and O–H groups in total. The van der Waals surface area contributed by atoms with Gasteiger partial charge >= 0.3 is 11.8 Å². The molecule has 1 saturated heterocycles. The molecule has 1 aromatic heterocycles. The number of amides is 2. The molecule has 1 unspecified atom stereocenters. The summed E-state index contributed by atoms with van der Waals surface area (Å²) in [5.41, 5.74) is 1.72. The van der Waals surface area contributed by atoms with Gasteiger partial charge in [0, 0.05) is 12.2 Å². The minimum atomic E-state index is -1.30. The normalized spacial score (nSPS) is 22.1. The number of aliphatic hydroxyl groups is 1. The first-order chi connectivity index (χ1) is 12.5. The lowest BCUT2D eigenvalue weighted by molar-refractivity contribution is -0.148. The fourth-order valence-corrected chi connectivity index (χ4v) is 3.42. The molecule has 136 valence electrons. The van der Waals surface area contributed by atoms with Crippen molar-refractivity contribution in [1.29, 1.82) is 0 Å². The summed E-state index contributed by atoms with van der Waals surface area (Å²) in [6.07, 6.45) is 2.45. The van der Waals surface area contributed by atoms with E-state index in [9.17, 15) is 14.7 Å². The number of likely N-dealkylation sites (tertiary alicyclic amines) is 1. The molecule has 1 aromatic carbocycles. The highest BCUT2D eigenvalue weighted by molar-refractivity contribution is 6.39. The number of aromatic nitrogens is 3. The second-order valence-corrected chi connectivity index (χ2v) is 6.65. The highest BCUT2D eigenvalue weighted by Crippen LogP contribution is 2.30. The number of β-amino-alcohol motifs (C(OH)–C–C–N with tert-alkyl or cyclic N) is 1. The number of piperidine rings is 1. The maximum absolute atomic E-state index is 12.5. The molecule has 1 atom stereocenters. The Morgan fingerprint density at radius 1 is 1.31 bits per heavy atom. The second kappa shape index (κ2) is 6.50. The number of hydrogen-bond acceptors (Lipinski definition) is 6. The fourth-order valence-electron chi connectivity index (χ4n) is 3.42. The van der Waals surface area contributed by atoms with Gasteiger partial charge in [-0.2, -0.15) is 15.4 Å². The molecule has 0 bridgehead atoms. The van der Waals surface area contributed by atoms with Crippen LogP contribution in [0.3, 0.4) is 0 Å². The quantitative estimate of drug-likeness (QED) is 0.664. The SMILES string of the molecule is O=C(Nc1ccc2c(c1)COC2)C(=O)N1CCCC(O)(c2cn[nH]n2)C1. The smallest absolute Gasteiger partial charge is 0.313 e. The third-order valence-electron chi connectivity index (χ3n) is 4.82. The van der Waals surface area contributed by atoms with Crippen LogP contribution >= 0.6 is 0 Å². The summed E-state index contributed by atoms with van der Waals surface area (Å²) in [4.78, 5) is 26.2. The lowest BCUT2D eigenvalue weighted by Crippen LogP contribution is -2.51. The number of hydrogen-bond donors (Lipinski definition) is 3.